The minimum atomic E-state index is -0.522. The number of ether oxygens (including phenoxy) is 2. The Kier molecular flexibility index (Phi) is 7.68. The molecule has 5 aliphatic rings. The predicted octanol–water partition coefficient (Wildman–Crippen LogP) is 9.43. The molecule has 0 aromatic heterocycles. The zero-order valence-corrected chi connectivity index (χ0v) is 28.5. The molecule has 1 amide bonds. The highest BCUT2D eigenvalue weighted by atomic mass is 16.6. The molecular weight excluding hydrogens is 550 g/mol. The molecule has 1 aromatic rings. The molecule has 5 aliphatic carbocycles. The summed E-state index contributed by atoms with van der Waals surface area (Å²) in [7, 11) is 1.63. The number of carbonyl (C=O) groups excluding carboxylic acids is 1. The van der Waals surface area contributed by atoms with Crippen molar-refractivity contribution in [3.8, 4) is 5.75 Å². The zero-order chi connectivity index (χ0) is 31.9. The minimum absolute atomic E-state index is 0.133. The van der Waals surface area contributed by atoms with Crippen LogP contribution in [0.2, 0.25) is 0 Å². The standard InChI is InChI=1S/C38H57NO5/c1-23(2)26-15-20-38(32(40)41)22-21-36(6)27(31(26)38)13-14-29-35(5)18-17-30(34(3,4)28(35)16-19-37(29,36)7)44-33(42)39-24-9-11-25(43-8)12-10-24/h9-12,23,26-31H,13-22H2,1-8H3,(H,39,42)(H,40,41)/t26-,27+,28-,29+,30+,31+,35-,36+,37+,38-/m0/s1. The van der Waals surface area contributed by atoms with E-state index in [0.717, 1.165) is 57.1 Å². The van der Waals surface area contributed by atoms with Gasteiger partial charge in [0.2, 0.25) is 0 Å². The van der Waals surface area contributed by atoms with Gasteiger partial charge in [-0.2, -0.15) is 0 Å². The summed E-state index contributed by atoms with van der Waals surface area (Å²) < 4.78 is 11.4. The van der Waals surface area contributed by atoms with E-state index in [1.807, 2.05) is 24.3 Å². The highest BCUT2D eigenvalue weighted by Gasteiger charge is 2.72. The van der Waals surface area contributed by atoms with E-state index < -0.39 is 11.4 Å². The lowest BCUT2D eigenvalue weighted by Gasteiger charge is -2.72. The number of carboxylic acids is 1. The highest BCUT2D eigenvalue weighted by Crippen LogP contribution is 2.77. The maximum absolute atomic E-state index is 13.1. The molecule has 0 heterocycles. The molecule has 5 fully saturated rings. The molecule has 1 aromatic carbocycles. The fraction of sp³-hybridized carbons (Fsp3) is 0.789. The third-order valence-corrected chi connectivity index (χ3v) is 15.3. The first kappa shape index (κ1) is 31.7. The number of carbonyl (C=O) groups is 2. The lowest BCUT2D eigenvalue weighted by atomic mass is 9.32. The summed E-state index contributed by atoms with van der Waals surface area (Å²) in [6.45, 7) is 17.1. The number of rotatable bonds is 5. The molecule has 0 aliphatic heterocycles. The van der Waals surface area contributed by atoms with E-state index in [0.29, 0.717) is 41.2 Å². The van der Waals surface area contributed by atoms with Crippen LogP contribution in [-0.4, -0.2) is 30.4 Å². The number of hydrogen-bond acceptors (Lipinski definition) is 4. The first-order valence-corrected chi connectivity index (χ1v) is 17.5. The molecule has 6 rings (SSSR count). The van der Waals surface area contributed by atoms with E-state index in [1.165, 1.54) is 12.8 Å². The molecule has 2 N–H and O–H groups in total. The van der Waals surface area contributed by atoms with Crippen molar-refractivity contribution >= 4 is 17.7 Å². The maximum atomic E-state index is 13.1. The van der Waals surface area contributed by atoms with Crippen molar-refractivity contribution in [2.24, 2.45) is 62.6 Å². The highest BCUT2D eigenvalue weighted by molar-refractivity contribution is 5.84. The number of anilines is 1. The van der Waals surface area contributed by atoms with E-state index in [4.69, 9.17) is 9.47 Å². The number of aliphatic carboxylic acids is 1. The number of hydrogen-bond donors (Lipinski definition) is 2. The Balaban J connectivity index is 1.23. The molecule has 6 nitrogen and oxygen atoms in total. The fourth-order valence-electron chi connectivity index (χ4n) is 12.9. The first-order chi connectivity index (χ1) is 20.6. The second-order valence-electron chi connectivity index (χ2n) is 17.2. The van der Waals surface area contributed by atoms with Gasteiger partial charge in [0.05, 0.1) is 12.5 Å². The maximum Gasteiger partial charge on any atom is 0.411 e. The van der Waals surface area contributed by atoms with Gasteiger partial charge in [0.25, 0.3) is 0 Å². The van der Waals surface area contributed by atoms with Crippen molar-refractivity contribution in [1.29, 1.82) is 0 Å². The van der Waals surface area contributed by atoms with Crippen molar-refractivity contribution in [1.82, 2.24) is 0 Å². The molecule has 0 unspecified atom stereocenters. The molecule has 0 spiro atoms. The summed E-state index contributed by atoms with van der Waals surface area (Å²) in [6.07, 6.45) is 9.93. The normalized spacial score (nSPS) is 44.0. The van der Waals surface area contributed by atoms with Crippen molar-refractivity contribution < 1.29 is 24.2 Å². The van der Waals surface area contributed by atoms with E-state index >= 15 is 0 Å². The van der Waals surface area contributed by atoms with Gasteiger partial charge in [-0.05, 0) is 140 Å². The van der Waals surface area contributed by atoms with E-state index in [1.54, 1.807) is 7.11 Å². The molecule has 0 saturated heterocycles. The third kappa shape index (κ3) is 4.38. The summed E-state index contributed by atoms with van der Waals surface area (Å²) in [4.78, 5) is 26.0. The molecule has 10 atom stereocenters. The van der Waals surface area contributed by atoms with Crippen LogP contribution in [0, 0.1) is 62.6 Å². The van der Waals surface area contributed by atoms with Gasteiger partial charge in [0, 0.05) is 11.1 Å². The second kappa shape index (κ2) is 10.7. The molecule has 0 bridgehead atoms. The number of nitrogens with one attached hydrogen (secondary N) is 1. The van der Waals surface area contributed by atoms with E-state index in [9.17, 15) is 14.7 Å². The molecule has 5 saturated carbocycles. The number of carboxylic acid groups (broad SMARTS) is 1. The molecular formula is C38H57NO5. The van der Waals surface area contributed by atoms with Crippen LogP contribution in [0.5, 0.6) is 5.75 Å². The molecule has 44 heavy (non-hydrogen) atoms. The van der Waals surface area contributed by atoms with Crippen LogP contribution >= 0.6 is 0 Å². The van der Waals surface area contributed by atoms with Crippen LogP contribution in [0.15, 0.2) is 24.3 Å². The average molecular weight is 608 g/mol. The van der Waals surface area contributed by atoms with Crippen molar-refractivity contribution in [3.63, 3.8) is 0 Å². The fourth-order valence-corrected chi connectivity index (χ4v) is 12.9. The number of fused-ring (bicyclic) bond motifs is 7. The average Bonchev–Trinajstić information content (AvgIpc) is 3.37. The van der Waals surface area contributed by atoms with Gasteiger partial charge in [0.15, 0.2) is 0 Å². The van der Waals surface area contributed by atoms with Crippen molar-refractivity contribution in [3.05, 3.63) is 24.3 Å². The van der Waals surface area contributed by atoms with E-state index in [-0.39, 0.29) is 33.9 Å². The Bertz CT molecular complexity index is 1270. The van der Waals surface area contributed by atoms with Gasteiger partial charge >= 0.3 is 12.1 Å². The van der Waals surface area contributed by atoms with Gasteiger partial charge in [-0.15, -0.1) is 0 Å². The number of benzene rings is 1. The Morgan fingerprint density at radius 2 is 1.55 bits per heavy atom. The molecule has 0 radical (unpaired) electrons. The van der Waals surface area contributed by atoms with Crippen molar-refractivity contribution in [2.75, 3.05) is 12.4 Å². The topological polar surface area (TPSA) is 84.9 Å². The lowest BCUT2D eigenvalue weighted by Crippen LogP contribution is -2.67. The Labute approximate surface area is 265 Å². The summed E-state index contributed by atoms with van der Waals surface area (Å²) in [5, 5.41) is 13.6. The second-order valence-corrected chi connectivity index (χ2v) is 17.2. The SMILES string of the molecule is COc1ccc(NC(=O)O[C@@H]2CC[C@]3(C)[C@H]4CC[C@@H]5[C@H]6[C@H](C(C)C)CC[C@]6(C(=O)O)CC[C@@]5(C)[C@]4(C)CC[C@H]3C2(C)C)cc1. The number of methoxy groups -OCH3 is 1. The number of amides is 1. The zero-order valence-electron chi connectivity index (χ0n) is 28.5. The summed E-state index contributed by atoms with van der Waals surface area (Å²) in [6, 6.07) is 7.35. The van der Waals surface area contributed by atoms with Crippen LogP contribution in [-0.2, 0) is 9.53 Å². The van der Waals surface area contributed by atoms with Crippen LogP contribution < -0.4 is 10.1 Å². The van der Waals surface area contributed by atoms with Gasteiger partial charge in [-0.25, -0.2) is 4.79 Å². The Hall–Kier alpha value is -2.24. The van der Waals surface area contributed by atoms with Crippen LogP contribution in [0.3, 0.4) is 0 Å². The smallest absolute Gasteiger partial charge is 0.411 e. The van der Waals surface area contributed by atoms with Gasteiger partial charge in [-0.1, -0.05) is 48.5 Å². The quantitative estimate of drug-likeness (QED) is 0.348. The third-order valence-electron chi connectivity index (χ3n) is 15.3. The van der Waals surface area contributed by atoms with Gasteiger partial charge in [0.1, 0.15) is 11.9 Å². The summed E-state index contributed by atoms with van der Waals surface area (Å²) >= 11 is 0. The molecule has 244 valence electrons. The summed E-state index contributed by atoms with van der Waals surface area (Å²) in [5.74, 6) is 3.12. The minimum Gasteiger partial charge on any atom is -0.497 e. The summed E-state index contributed by atoms with van der Waals surface area (Å²) in [5.41, 5.74) is 0.557. The van der Waals surface area contributed by atoms with Gasteiger partial charge < -0.3 is 14.6 Å². The lowest BCUT2D eigenvalue weighted by molar-refractivity contribution is -0.249. The Morgan fingerprint density at radius 1 is 0.841 bits per heavy atom. The van der Waals surface area contributed by atoms with Crippen LogP contribution in [0.1, 0.15) is 113 Å². The monoisotopic (exact) mass is 607 g/mol. The van der Waals surface area contributed by atoms with E-state index in [2.05, 4.69) is 53.8 Å². The van der Waals surface area contributed by atoms with Crippen LogP contribution in [0.25, 0.3) is 0 Å². The predicted molar refractivity (Wildman–Crippen MR) is 174 cm³/mol. The van der Waals surface area contributed by atoms with Crippen LogP contribution in [0.4, 0.5) is 10.5 Å². The van der Waals surface area contributed by atoms with Gasteiger partial charge in [-0.3, -0.25) is 10.1 Å². The molecule has 6 heteroatoms. The largest absolute Gasteiger partial charge is 0.497 e. The first-order valence-electron chi connectivity index (χ1n) is 17.5. The van der Waals surface area contributed by atoms with Crippen molar-refractivity contribution in [2.45, 2.75) is 119 Å². The Morgan fingerprint density at radius 3 is 2.18 bits per heavy atom.